The number of carbonyl (C=O) groups excluding carboxylic acids is 4. The number of aliphatic hydroxyl groups is 1. The number of amides is 3. The third-order valence-electron chi connectivity index (χ3n) is 4.30. The summed E-state index contributed by atoms with van der Waals surface area (Å²) in [6.45, 7) is 7.93. The number of aliphatic hydroxyl groups excluding tert-OH is 1. The minimum Gasteiger partial charge on any atom is -0.466 e. The van der Waals surface area contributed by atoms with Gasteiger partial charge in [0.25, 0.3) is 0 Å². The highest BCUT2D eigenvalue weighted by atomic mass is 16.6. The Morgan fingerprint density at radius 1 is 1.15 bits per heavy atom. The molecule has 1 atom stereocenters. The van der Waals surface area contributed by atoms with Gasteiger partial charge in [0.1, 0.15) is 18.2 Å². The molecule has 33 heavy (non-hydrogen) atoms. The van der Waals surface area contributed by atoms with Crippen LogP contribution in [0.15, 0.2) is 24.3 Å². The summed E-state index contributed by atoms with van der Waals surface area (Å²) >= 11 is 0. The maximum Gasteiger partial charge on any atom is 0.408 e. The van der Waals surface area contributed by atoms with Gasteiger partial charge in [0, 0.05) is 13.1 Å². The van der Waals surface area contributed by atoms with E-state index >= 15 is 0 Å². The van der Waals surface area contributed by atoms with Crippen molar-refractivity contribution in [2.45, 2.75) is 52.7 Å². The van der Waals surface area contributed by atoms with Gasteiger partial charge in [-0.1, -0.05) is 29.8 Å². The van der Waals surface area contributed by atoms with E-state index in [9.17, 15) is 24.3 Å². The van der Waals surface area contributed by atoms with Crippen molar-refractivity contribution in [3.8, 4) is 0 Å². The zero-order chi connectivity index (χ0) is 25.0. The van der Waals surface area contributed by atoms with Gasteiger partial charge in [-0.15, -0.1) is 0 Å². The van der Waals surface area contributed by atoms with Gasteiger partial charge in [0.2, 0.25) is 11.8 Å². The summed E-state index contributed by atoms with van der Waals surface area (Å²) in [4.78, 5) is 50.8. The molecule has 0 radical (unpaired) electrons. The minimum absolute atomic E-state index is 0.0196. The number of hydrogen-bond acceptors (Lipinski definition) is 7. The number of carbonyl (C=O) groups is 4. The molecule has 1 aromatic carbocycles. The molecule has 10 heteroatoms. The number of nitrogens with one attached hydrogen (secondary N) is 2. The first-order chi connectivity index (χ1) is 15.5. The summed E-state index contributed by atoms with van der Waals surface area (Å²) in [5, 5.41) is 14.6. The van der Waals surface area contributed by atoms with Gasteiger partial charge < -0.3 is 30.1 Å². The van der Waals surface area contributed by atoms with E-state index < -0.39 is 48.7 Å². The molecule has 0 aromatic heterocycles. The number of aryl methyl sites for hydroxylation is 1. The van der Waals surface area contributed by atoms with E-state index in [1.165, 1.54) is 4.90 Å². The van der Waals surface area contributed by atoms with Gasteiger partial charge >= 0.3 is 12.1 Å². The average molecular weight is 466 g/mol. The Bertz CT molecular complexity index is 821. The van der Waals surface area contributed by atoms with Crippen LogP contribution < -0.4 is 10.6 Å². The van der Waals surface area contributed by atoms with E-state index in [1.807, 2.05) is 13.0 Å². The third kappa shape index (κ3) is 10.3. The highest BCUT2D eigenvalue weighted by Crippen LogP contribution is 2.22. The normalized spacial score (nSPS) is 11.8. The van der Waals surface area contributed by atoms with Crippen molar-refractivity contribution >= 4 is 23.9 Å². The Labute approximate surface area is 194 Å². The highest BCUT2D eigenvalue weighted by molar-refractivity contribution is 5.90. The van der Waals surface area contributed by atoms with Crippen molar-refractivity contribution in [1.29, 1.82) is 0 Å². The molecular weight excluding hydrogens is 430 g/mol. The largest absolute Gasteiger partial charge is 0.466 e. The summed E-state index contributed by atoms with van der Waals surface area (Å²) in [6, 6.07) is 5.98. The van der Waals surface area contributed by atoms with E-state index in [1.54, 1.807) is 45.9 Å². The van der Waals surface area contributed by atoms with E-state index in [2.05, 4.69) is 10.6 Å². The topological polar surface area (TPSA) is 134 Å². The molecule has 3 amide bonds. The molecule has 0 fully saturated rings. The van der Waals surface area contributed by atoms with E-state index in [0.717, 1.165) is 5.56 Å². The number of esters is 1. The van der Waals surface area contributed by atoms with Gasteiger partial charge in [-0.2, -0.15) is 0 Å². The van der Waals surface area contributed by atoms with Gasteiger partial charge in [-0.3, -0.25) is 14.4 Å². The van der Waals surface area contributed by atoms with Crippen LogP contribution in [0.5, 0.6) is 0 Å². The SMILES string of the molecule is CCOC(=O)CCNC(=O)C(c1cccc(C)c1)N(CCO)C(=O)CNC(=O)OC(C)(C)C. The highest BCUT2D eigenvalue weighted by Gasteiger charge is 2.31. The fourth-order valence-electron chi connectivity index (χ4n) is 3.00. The quantitative estimate of drug-likeness (QED) is 0.421. The molecule has 0 bridgehead atoms. The lowest BCUT2D eigenvalue weighted by atomic mass is 10.0. The molecule has 1 rings (SSSR count). The van der Waals surface area contributed by atoms with E-state index in [-0.39, 0.29) is 26.1 Å². The van der Waals surface area contributed by atoms with Crippen LogP contribution in [0, 0.1) is 6.92 Å². The van der Waals surface area contributed by atoms with Gasteiger partial charge in [-0.25, -0.2) is 4.79 Å². The minimum atomic E-state index is -1.08. The third-order valence-corrected chi connectivity index (χ3v) is 4.30. The molecule has 0 saturated carbocycles. The van der Waals surface area contributed by atoms with Crippen LogP contribution in [0.3, 0.4) is 0 Å². The summed E-state index contributed by atoms with van der Waals surface area (Å²) < 4.78 is 10.00. The summed E-state index contributed by atoms with van der Waals surface area (Å²) in [6.07, 6.45) is -0.792. The lowest BCUT2D eigenvalue weighted by Crippen LogP contribution is -2.49. The zero-order valence-corrected chi connectivity index (χ0v) is 20.0. The van der Waals surface area contributed by atoms with Crippen LogP contribution >= 0.6 is 0 Å². The van der Waals surface area contributed by atoms with Gasteiger partial charge in [-0.05, 0) is 40.2 Å². The lowest BCUT2D eigenvalue weighted by Gasteiger charge is -2.31. The molecule has 0 spiro atoms. The fraction of sp³-hybridized carbons (Fsp3) is 0.565. The first-order valence-corrected chi connectivity index (χ1v) is 10.9. The van der Waals surface area contributed by atoms with Crippen molar-refractivity contribution in [2.24, 2.45) is 0 Å². The lowest BCUT2D eigenvalue weighted by molar-refractivity contribution is -0.143. The van der Waals surface area contributed by atoms with Crippen molar-refractivity contribution in [3.63, 3.8) is 0 Å². The first-order valence-electron chi connectivity index (χ1n) is 10.9. The predicted molar refractivity (Wildman–Crippen MR) is 121 cm³/mol. The standard InChI is InChI=1S/C23H35N3O7/c1-6-32-19(29)10-11-24-21(30)20(17-9-7-8-16(2)14-17)26(12-13-27)18(28)15-25-22(31)33-23(3,4)5/h7-9,14,20,27H,6,10-13,15H2,1-5H3,(H,24,30)(H,25,31). The van der Waals surface area contributed by atoms with Gasteiger partial charge in [0.15, 0.2) is 0 Å². The van der Waals surface area contributed by atoms with Crippen molar-refractivity contribution in [2.75, 3.05) is 32.8 Å². The molecule has 0 aliphatic rings. The Morgan fingerprint density at radius 2 is 1.85 bits per heavy atom. The second-order valence-corrected chi connectivity index (χ2v) is 8.33. The van der Waals surface area contributed by atoms with Crippen LogP contribution in [0.25, 0.3) is 0 Å². The monoisotopic (exact) mass is 465 g/mol. The second-order valence-electron chi connectivity index (χ2n) is 8.33. The molecule has 1 unspecified atom stereocenters. The Kier molecular flexibility index (Phi) is 11.3. The molecule has 3 N–H and O–H groups in total. The summed E-state index contributed by atoms with van der Waals surface area (Å²) in [5.74, 6) is -1.55. The maximum absolute atomic E-state index is 13.1. The molecule has 0 aliphatic carbocycles. The number of rotatable bonds is 11. The summed E-state index contributed by atoms with van der Waals surface area (Å²) in [5.41, 5.74) is 0.670. The average Bonchev–Trinajstić information content (AvgIpc) is 2.70. The maximum atomic E-state index is 13.1. The van der Waals surface area contributed by atoms with Crippen LogP contribution in [-0.2, 0) is 23.9 Å². The molecule has 0 saturated heterocycles. The van der Waals surface area contributed by atoms with E-state index in [0.29, 0.717) is 5.56 Å². The van der Waals surface area contributed by atoms with Crippen molar-refractivity contribution in [3.05, 3.63) is 35.4 Å². The molecule has 1 aromatic rings. The Hall–Kier alpha value is -3.14. The number of benzene rings is 1. The smallest absolute Gasteiger partial charge is 0.408 e. The predicted octanol–water partition coefficient (Wildman–Crippen LogP) is 1.45. The number of alkyl carbamates (subject to hydrolysis) is 1. The molecular formula is C23H35N3O7. The van der Waals surface area contributed by atoms with Gasteiger partial charge in [0.05, 0.1) is 19.6 Å². The number of nitrogens with zero attached hydrogens (tertiary/aromatic N) is 1. The van der Waals surface area contributed by atoms with Crippen molar-refractivity contribution < 1.29 is 33.8 Å². The molecule has 0 heterocycles. The number of hydrogen-bond donors (Lipinski definition) is 3. The fourth-order valence-corrected chi connectivity index (χ4v) is 3.00. The molecule has 10 nitrogen and oxygen atoms in total. The second kappa shape index (κ2) is 13.4. The molecule has 0 aliphatic heterocycles. The number of ether oxygens (including phenoxy) is 2. The van der Waals surface area contributed by atoms with Crippen LogP contribution in [0.4, 0.5) is 4.79 Å². The Balaban J connectivity index is 3.05. The van der Waals surface area contributed by atoms with Crippen LogP contribution in [-0.4, -0.2) is 72.3 Å². The van der Waals surface area contributed by atoms with Crippen LogP contribution in [0.2, 0.25) is 0 Å². The summed E-state index contributed by atoms with van der Waals surface area (Å²) in [7, 11) is 0. The van der Waals surface area contributed by atoms with Crippen LogP contribution in [0.1, 0.15) is 51.3 Å². The zero-order valence-electron chi connectivity index (χ0n) is 20.0. The van der Waals surface area contributed by atoms with E-state index in [4.69, 9.17) is 9.47 Å². The molecule has 184 valence electrons. The Morgan fingerprint density at radius 3 is 2.42 bits per heavy atom. The van der Waals surface area contributed by atoms with Crippen molar-refractivity contribution in [1.82, 2.24) is 15.5 Å². The first kappa shape index (κ1) is 27.9.